The second-order valence-corrected chi connectivity index (χ2v) is 3.74. The fourth-order valence-corrected chi connectivity index (χ4v) is 1.39. The Kier molecular flexibility index (Phi) is 4.12. The zero-order valence-electron chi connectivity index (χ0n) is 8.61. The topological polar surface area (TPSA) is 46.5 Å². The van der Waals surface area contributed by atoms with Gasteiger partial charge in [-0.05, 0) is 24.6 Å². The van der Waals surface area contributed by atoms with Crippen LogP contribution in [0.2, 0.25) is 5.02 Å². The number of aliphatic hydroxyl groups excluding tert-OH is 1. The van der Waals surface area contributed by atoms with Gasteiger partial charge in [0.25, 0.3) is 0 Å². The highest BCUT2D eigenvalue weighted by molar-refractivity contribution is 6.30. The molecule has 15 heavy (non-hydrogen) atoms. The number of rotatable bonds is 3. The normalized spacial score (nSPS) is 14.4. The minimum absolute atomic E-state index is 0.433. The zero-order chi connectivity index (χ0) is 11.4. The number of carbonyl (C=O) groups is 1. The number of aliphatic hydroxyl groups is 1. The molecule has 0 aromatic heterocycles. The number of benzene rings is 1. The molecule has 4 heteroatoms. The Labute approximate surface area is 93.6 Å². The third-order valence-corrected chi connectivity index (χ3v) is 2.51. The van der Waals surface area contributed by atoms with Gasteiger partial charge < -0.3 is 9.84 Å². The smallest absolute Gasteiger partial charge is 0.311 e. The molecule has 0 saturated heterocycles. The molecule has 0 heterocycles. The highest BCUT2D eigenvalue weighted by Crippen LogP contribution is 2.23. The monoisotopic (exact) mass is 228 g/mol. The molecule has 0 fully saturated rings. The highest BCUT2D eigenvalue weighted by atomic mass is 35.5. The Bertz CT molecular complexity index is 334. The fraction of sp³-hybridized carbons (Fsp3) is 0.364. The van der Waals surface area contributed by atoms with Crippen molar-refractivity contribution in [1.29, 1.82) is 0 Å². The molecule has 0 aliphatic rings. The quantitative estimate of drug-likeness (QED) is 0.807. The number of esters is 1. The summed E-state index contributed by atoms with van der Waals surface area (Å²) in [6, 6.07) is 6.72. The largest absolute Gasteiger partial charge is 0.469 e. The van der Waals surface area contributed by atoms with Gasteiger partial charge in [0.05, 0.1) is 19.1 Å². The molecule has 82 valence electrons. The Hall–Kier alpha value is -1.06. The SMILES string of the molecule is COC(=O)[C@@H](C)[C@@H](O)c1ccc(Cl)cc1. The van der Waals surface area contributed by atoms with Gasteiger partial charge in [0, 0.05) is 5.02 Å². The van der Waals surface area contributed by atoms with E-state index in [2.05, 4.69) is 4.74 Å². The van der Waals surface area contributed by atoms with E-state index in [0.717, 1.165) is 0 Å². The van der Waals surface area contributed by atoms with E-state index in [4.69, 9.17) is 11.6 Å². The predicted octanol–water partition coefficient (Wildman–Crippen LogP) is 2.18. The molecular formula is C11H13ClO3. The lowest BCUT2D eigenvalue weighted by Gasteiger charge is -2.16. The summed E-state index contributed by atoms with van der Waals surface area (Å²) in [6.45, 7) is 1.62. The fourth-order valence-electron chi connectivity index (χ4n) is 1.26. The van der Waals surface area contributed by atoms with Crippen LogP contribution in [0.25, 0.3) is 0 Å². The lowest BCUT2D eigenvalue weighted by Crippen LogP contribution is -2.20. The van der Waals surface area contributed by atoms with Crippen molar-refractivity contribution < 1.29 is 14.6 Å². The third kappa shape index (κ3) is 2.94. The summed E-state index contributed by atoms with van der Waals surface area (Å²) in [7, 11) is 1.30. The average molecular weight is 229 g/mol. The van der Waals surface area contributed by atoms with Gasteiger partial charge in [0.2, 0.25) is 0 Å². The summed E-state index contributed by atoms with van der Waals surface area (Å²) in [4.78, 5) is 11.2. The van der Waals surface area contributed by atoms with Crippen LogP contribution in [0, 0.1) is 5.92 Å². The van der Waals surface area contributed by atoms with Gasteiger partial charge in [-0.25, -0.2) is 0 Å². The molecule has 1 aromatic rings. The lowest BCUT2D eigenvalue weighted by molar-refractivity contribution is -0.148. The van der Waals surface area contributed by atoms with Crippen LogP contribution in [0.3, 0.4) is 0 Å². The van der Waals surface area contributed by atoms with Gasteiger partial charge in [-0.3, -0.25) is 4.79 Å². The van der Waals surface area contributed by atoms with Gasteiger partial charge >= 0.3 is 5.97 Å². The first kappa shape index (κ1) is 12.0. The van der Waals surface area contributed by atoms with Gasteiger partial charge in [-0.2, -0.15) is 0 Å². The first-order valence-corrected chi connectivity index (χ1v) is 4.95. The lowest BCUT2D eigenvalue weighted by atomic mass is 9.98. The van der Waals surface area contributed by atoms with Crippen molar-refractivity contribution in [3.05, 3.63) is 34.9 Å². The van der Waals surface area contributed by atoms with Crippen molar-refractivity contribution in [2.45, 2.75) is 13.0 Å². The second-order valence-electron chi connectivity index (χ2n) is 3.31. The molecule has 0 saturated carbocycles. The Morgan fingerprint density at radius 1 is 1.40 bits per heavy atom. The molecule has 0 bridgehead atoms. The molecule has 2 atom stereocenters. The standard InChI is InChI=1S/C11H13ClO3/c1-7(11(14)15-2)10(13)8-3-5-9(12)6-4-8/h3-7,10,13H,1-2H3/t7-,10+/m0/s1. The van der Waals surface area contributed by atoms with E-state index >= 15 is 0 Å². The van der Waals surface area contributed by atoms with Crippen LogP contribution in [0.5, 0.6) is 0 Å². The molecule has 0 amide bonds. The van der Waals surface area contributed by atoms with Crippen molar-refractivity contribution in [1.82, 2.24) is 0 Å². The molecule has 0 aliphatic heterocycles. The highest BCUT2D eigenvalue weighted by Gasteiger charge is 2.23. The van der Waals surface area contributed by atoms with E-state index in [1.165, 1.54) is 7.11 Å². The van der Waals surface area contributed by atoms with Crippen molar-refractivity contribution in [2.24, 2.45) is 5.92 Å². The zero-order valence-corrected chi connectivity index (χ0v) is 9.36. The van der Waals surface area contributed by atoms with Crippen LogP contribution in [0.15, 0.2) is 24.3 Å². The van der Waals surface area contributed by atoms with Crippen LogP contribution in [-0.2, 0) is 9.53 Å². The summed E-state index contributed by atoms with van der Waals surface area (Å²) < 4.78 is 4.55. The summed E-state index contributed by atoms with van der Waals surface area (Å²) in [5.74, 6) is -1.02. The number of carbonyl (C=O) groups excluding carboxylic acids is 1. The summed E-state index contributed by atoms with van der Waals surface area (Å²) in [5.41, 5.74) is 0.650. The maximum atomic E-state index is 11.2. The summed E-state index contributed by atoms with van der Waals surface area (Å²) in [5, 5.41) is 10.4. The maximum Gasteiger partial charge on any atom is 0.311 e. The molecule has 0 spiro atoms. The molecule has 1 N–H and O–H groups in total. The Morgan fingerprint density at radius 3 is 2.40 bits per heavy atom. The van der Waals surface area contributed by atoms with Crippen molar-refractivity contribution in [2.75, 3.05) is 7.11 Å². The first-order valence-electron chi connectivity index (χ1n) is 4.57. The average Bonchev–Trinajstić information content (AvgIpc) is 2.27. The van der Waals surface area contributed by atoms with Crippen LogP contribution in [0.4, 0.5) is 0 Å². The van der Waals surface area contributed by atoms with E-state index in [1.807, 2.05) is 0 Å². The minimum Gasteiger partial charge on any atom is -0.469 e. The van der Waals surface area contributed by atoms with E-state index < -0.39 is 18.0 Å². The summed E-state index contributed by atoms with van der Waals surface area (Å²) >= 11 is 5.71. The van der Waals surface area contributed by atoms with E-state index in [9.17, 15) is 9.90 Å². The van der Waals surface area contributed by atoms with E-state index in [1.54, 1.807) is 31.2 Å². The predicted molar refractivity (Wildman–Crippen MR) is 57.6 cm³/mol. The number of ether oxygens (including phenoxy) is 1. The summed E-state index contributed by atoms with van der Waals surface area (Å²) in [6.07, 6.45) is -0.866. The number of hydrogen-bond acceptors (Lipinski definition) is 3. The third-order valence-electron chi connectivity index (χ3n) is 2.26. The molecule has 0 aliphatic carbocycles. The Morgan fingerprint density at radius 2 is 1.93 bits per heavy atom. The number of hydrogen-bond donors (Lipinski definition) is 1. The second kappa shape index (κ2) is 5.14. The first-order chi connectivity index (χ1) is 7.06. The van der Waals surface area contributed by atoms with E-state index in [-0.39, 0.29) is 0 Å². The van der Waals surface area contributed by atoms with Crippen molar-refractivity contribution in [3.63, 3.8) is 0 Å². The van der Waals surface area contributed by atoms with Gasteiger partial charge in [-0.1, -0.05) is 23.7 Å². The van der Waals surface area contributed by atoms with Crippen LogP contribution in [0.1, 0.15) is 18.6 Å². The van der Waals surface area contributed by atoms with Gasteiger partial charge in [0.1, 0.15) is 0 Å². The molecule has 0 unspecified atom stereocenters. The minimum atomic E-state index is -0.866. The molecule has 0 radical (unpaired) electrons. The van der Waals surface area contributed by atoms with Gasteiger partial charge in [-0.15, -0.1) is 0 Å². The van der Waals surface area contributed by atoms with Crippen molar-refractivity contribution >= 4 is 17.6 Å². The maximum absolute atomic E-state index is 11.2. The molecular weight excluding hydrogens is 216 g/mol. The number of methoxy groups -OCH3 is 1. The molecule has 1 rings (SSSR count). The van der Waals surface area contributed by atoms with Crippen molar-refractivity contribution in [3.8, 4) is 0 Å². The van der Waals surface area contributed by atoms with Crippen LogP contribution in [-0.4, -0.2) is 18.2 Å². The van der Waals surface area contributed by atoms with Crippen LogP contribution < -0.4 is 0 Å². The number of halogens is 1. The van der Waals surface area contributed by atoms with E-state index in [0.29, 0.717) is 10.6 Å². The van der Waals surface area contributed by atoms with Gasteiger partial charge in [0.15, 0.2) is 0 Å². The molecule has 3 nitrogen and oxygen atoms in total. The van der Waals surface area contributed by atoms with Crippen LogP contribution >= 0.6 is 11.6 Å². The molecule has 1 aromatic carbocycles. The Balaban J connectivity index is 2.80.